The molecule has 1 rings (SSSR count). The Labute approximate surface area is 70.9 Å². The van der Waals surface area contributed by atoms with Crippen molar-refractivity contribution in [1.29, 1.82) is 0 Å². The number of carbonyl (C=O) groups is 1. The molecule has 66 valence electrons. The molecule has 1 heterocycles. The second kappa shape index (κ2) is 4.01. The lowest BCUT2D eigenvalue weighted by Crippen LogP contribution is -2.07. The molecule has 0 amide bonds. The lowest BCUT2D eigenvalue weighted by molar-refractivity contribution is -0.109. The lowest BCUT2D eigenvalue weighted by atomic mass is 10.2. The maximum atomic E-state index is 10.1. The van der Waals surface area contributed by atoms with Crippen LogP contribution in [0.4, 0.5) is 0 Å². The Morgan fingerprint density at radius 3 is 3.17 bits per heavy atom. The molecule has 1 aromatic rings. The van der Waals surface area contributed by atoms with Gasteiger partial charge >= 0.3 is 0 Å². The van der Waals surface area contributed by atoms with Crippen LogP contribution in [0.3, 0.4) is 0 Å². The summed E-state index contributed by atoms with van der Waals surface area (Å²) in [4.78, 5) is 14.1. The number of aromatic nitrogens is 2. The molecule has 0 bridgehead atoms. The van der Waals surface area contributed by atoms with Gasteiger partial charge in [0.15, 0.2) is 0 Å². The summed E-state index contributed by atoms with van der Waals surface area (Å²) >= 11 is 0. The first-order valence-electron chi connectivity index (χ1n) is 3.92. The number of rotatable bonds is 4. The number of aldehydes is 1. The molecule has 0 aliphatic carbocycles. The summed E-state index contributed by atoms with van der Waals surface area (Å²) in [6, 6.07) is 0. The van der Waals surface area contributed by atoms with E-state index in [-0.39, 0.29) is 6.42 Å². The number of nitrogens with zero attached hydrogens (tertiary/aromatic N) is 2. The van der Waals surface area contributed by atoms with Crippen molar-refractivity contribution in [3.8, 4) is 0 Å². The zero-order chi connectivity index (χ0) is 8.97. The molecule has 0 radical (unpaired) electrons. The number of aryl methyl sites for hydroxylation is 1. The maximum absolute atomic E-state index is 10.1. The highest BCUT2D eigenvalue weighted by atomic mass is 16.3. The Morgan fingerprint density at radius 1 is 1.83 bits per heavy atom. The first-order valence-corrected chi connectivity index (χ1v) is 3.92. The smallest absolute Gasteiger partial charge is 0.138 e. The van der Waals surface area contributed by atoms with E-state index in [1.165, 1.54) is 0 Å². The van der Waals surface area contributed by atoms with E-state index in [1.807, 2.05) is 11.5 Å². The highest BCUT2D eigenvalue weighted by Crippen LogP contribution is 2.12. The van der Waals surface area contributed by atoms with Crippen molar-refractivity contribution in [3.05, 3.63) is 18.2 Å². The van der Waals surface area contributed by atoms with Gasteiger partial charge < -0.3 is 14.5 Å². The standard InChI is InChI=1S/C8H12N2O2/c1-2-10-5-4-9-8(10)7(12)3-6-11/h4-7,12H,2-3H2,1H3. The molecular weight excluding hydrogens is 156 g/mol. The molecule has 4 heteroatoms. The number of hydrogen-bond donors (Lipinski definition) is 1. The first kappa shape index (κ1) is 8.93. The van der Waals surface area contributed by atoms with Crippen LogP contribution in [0, 0.1) is 0 Å². The minimum Gasteiger partial charge on any atom is -0.385 e. The van der Waals surface area contributed by atoms with E-state index in [4.69, 9.17) is 0 Å². The molecule has 1 unspecified atom stereocenters. The summed E-state index contributed by atoms with van der Waals surface area (Å²) in [6.45, 7) is 2.71. The van der Waals surface area contributed by atoms with Gasteiger partial charge in [-0.2, -0.15) is 0 Å². The van der Waals surface area contributed by atoms with E-state index in [2.05, 4.69) is 4.98 Å². The van der Waals surface area contributed by atoms with Crippen molar-refractivity contribution < 1.29 is 9.90 Å². The van der Waals surface area contributed by atoms with Crippen LogP contribution in [0.25, 0.3) is 0 Å². The lowest BCUT2D eigenvalue weighted by Gasteiger charge is -2.08. The highest BCUT2D eigenvalue weighted by molar-refractivity contribution is 5.50. The Kier molecular flexibility index (Phi) is 2.99. The third-order valence-electron chi connectivity index (χ3n) is 1.71. The maximum Gasteiger partial charge on any atom is 0.138 e. The number of aliphatic hydroxyl groups excluding tert-OH is 1. The number of imidazole rings is 1. The number of carbonyl (C=O) groups excluding carboxylic acids is 1. The van der Waals surface area contributed by atoms with E-state index >= 15 is 0 Å². The Balaban J connectivity index is 2.78. The number of aliphatic hydroxyl groups is 1. The van der Waals surface area contributed by atoms with Crippen molar-refractivity contribution in [2.24, 2.45) is 0 Å². The fraction of sp³-hybridized carbons (Fsp3) is 0.500. The summed E-state index contributed by atoms with van der Waals surface area (Å²) in [5.41, 5.74) is 0. The molecule has 0 fully saturated rings. The quantitative estimate of drug-likeness (QED) is 0.667. The summed E-state index contributed by atoms with van der Waals surface area (Å²) in [7, 11) is 0. The van der Waals surface area contributed by atoms with Crippen molar-refractivity contribution in [1.82, 2.24) is 9.55 Å². The van der Waals surface area contributed by atoms with Gasteiger partial charge in [0.1, 0.15) is 18.2 Å². The van der Waals surface area contributed by atoms with Gasteiger partial charge in [-0.25, -0.2) is 4.98 Å². The summed E-state index contributed by atoms with van der Waals surface area (Å²) in [6.07, 6.45) is 3.43. The van der Waals surface area contributed by atoms with Crippen LogP contribution in [-0.2, 0) is 11.3 Å². The van der Waals surface area contributed by atoms with Crippen LogP contribution in [0.5, 0.6) is 0 Å². The average molecular weight is 168 g/mol. The van der Waals surface area contributed by atoms with Crippen molar-refractivity contribution in [2.75, 3.05) is 0 Å². The minimum atomic E-state index is -0.766. The minimum absolute atomic E-state index is 0.108. The molecule has 0 aromatic carbocycles. The highest BCUT2D eigenvalue weighted by Gasteiger charge is 2.11. The fourth-order valence-electron chi connectivity index (χ4n) is 1.08. The first-order chi connectivity index (χ1) is 5.79. The van der Waals surface area contributed by atoms with Crippen molar-refractivity contribution >= 4 is 6.29 Å². The van der Waals surface area contributed by atoms with E-state index in [0.717, 1.165) is 6.54 Å². The van der Waals surface area contributed by atoms with Crippen LogP contribution in [0.1, 0.15) is 25.3 Å². The average Bonchev–Trinajstić information content (AvgIpc) is 2.51. The Bertz CT molecular complexity index is 257. The van der Waals surface area contributed by atoms with Gasteiger partial charge in [-0.3, -0.25) is 0 Å². The third kappa shape index (κ3) is 1.71. The fourth-order valence-corrected chi connectivity index (χ4v) is 1.08. The normalized spacial score (nSPS) is 12.8. The van der Waals surface area contributed by atoms with Gasteiger partial charge in [0.2, 0.25) is 0 Å². The van der Waals surface area contributed by atoms with Crippen molar-refractivity contribution in [2.45, 2.75) is 26.0 Å². The van der Waals surface area contributed by atoms with Crippen LogP contribution in [0.15, 0.2) is 12.4 Å². The van der Waals surface area contributed by atoms with E-state index in [9.17, 15) is 9.90 Å². The van der Waals surface area contributed by atoms with Gasteiger partial charge in [-0.1, -0.05) is 0 Å². The van der Waals surface area contributed by atoms with Gasteiger partial charge in [0.05, 0.1) is 0 Å². The zero-order valence-corrected chi connectivity index (χ0v) is 6.97. The van der Waals surface area contributed by atoms with Crippen molar-refractivity contribution in [3.63, 3.8) is 0 Å². The Hall–Kier alpha value is -1.16. The predicted octanol–water partition coefficient (Wildman–Crippen LogP) is 0.525. The molecule has 0 aliphatic rings. The molecule has 1 N–H and O–H groups in total. The molecule has 0 saturated heterocycles. The van der Waals surface area contributed by atoms with Gasteiger partial charge in [0, 0.05) is 25.4 Å². The van der Waals surface area contributed by atoms with Gasteiger partial charge in [-0.05, 0) is 6.92 Å². The largest absolute Gasteiger partial charge is 0.385 e. The van der Waals surface area contributed by atoms with Gasteiger partial charge in [-0.15, -0.1) is 0 Å². The molecule has 4 nitrogen and oxygen atoms in total. The zero-order valence-electron chi connectivity index (χ0n) is 6.97. The molecule has 0 saturated carbocycles. The van der Waals surface area contributed by atoms with Crippen LogP contribution in [0.2, 0.25) is 0 Å². The molecule has 12 heavy (non-hydrogen) atoms. The third-order valence-corrected chi connectivity index (χ3v) is 1.71. The van der Waals surface area contributed by atoms with Crippen LogP contribution in [-0.4, -0.2) is 20.9 Å². The summed E-state index contributed by atoms with van der Waals surface area (Å²) in [5, 5.41) is 9.41. The molecular formula is C8H12N2O2. The van der Waals surface area contributed by atoms with Crippen LogP contribution < -0.4 is 0 Å². The molecule has 1 atom stereocenters. The number of hydrogen-bond acceptors (Lipinski definition) is 3. The second-order valence-corrected chi connectivity index (χ2v) is 2.49. The Morgan fingerprint density at radius 2 is 2.58 bits per heavy atom. The predicted molar refractivity (Wildman–Crippen MR) is 43.5 cm³/mol. The van der Waals surface area contributed by atoms with Gasteiger partial charge in [0.25, 0.3) is 0 Å². The van der Waals surface area contributed by atoms with E-state index in [0.29, 0.717) is 12.1 Å². The van der Waals surface area contributed by atoms with E-state index in [1.54, 1.807) is 12.4 Å². The van der Waals surface area contributed by atoms with E-state index < -0.39 is 6.10 Å². The molecule has 1 aromatic heterocycles. The molecule has 0 aliphatic heterocycles. The monoisotopic (exact) mass is 168 g/mol. The second-order valence-electron chi connectivity index (χ2n) is 2.49. The molecule has 0 spiro atoms. The van der Waals surface area contributed by atoms with Crippen LogP contribution >= 0.6 is 0 Å². The topological polar surface area (TPSA) is 55.1 Å². The summed E-state index contributed by atoms with van der Waals surface area (Å²) in [5.74, 6) is 0.560. The summed E-state index contributed by atoms with van der Waals surface area (Å²) < 4.78 is 1.81. The SMILES string of the molecule is CCn1ccnc1C(O)CC=O.